The molecule has 0 saturated heterocycles. The molecule has 2 heteroatoms. The van der Waals surface area contributed by atoms with E-state index in [1.807, 2.05) is 0 Å². The molecule has 1 aromatic heterocycles. The molecule has 128 valence electrons. The molecule has 0 N–H and O–H groups in total. The van der Waals surface area contributed by atoms with Gasteiger partial charge in [-0.25, -0.2) is 0 Å². The van der Waals surface area contributed by atoms with E-state index >= 15 is 0 Å². The molecule has 3 aromatic rings. The maximum absolute atomic E-state index is 2.64. The predicted octanol–water partition coefficient (Wildman–Crippen LogP) is 5.10. The topological polar surface area (TPSA) is 8.17 Å². The van der Waals surface area contributed by atoms with Crippen molar-refractivity contribution in [2.45, 2.75) is 39.4 Å². The predicted molar refractivity (Wildman–Crippen MR) is 104 cm³/mol. The van der Waals surface area contributed by atoms with Crippen molar-refractivity contribution >= 4 is 0 Å². The van der Waals surface area contributed by atoms with Crippen LogP contribution in [0.1, 0.15) is 40.4 Å². The minimum absolute atomic E-state index is 0.319. The number of aryl methyl sites for hydroxylation is 3. The Hall–Kier alpha value is -2.32. The van der Waals surface area contributed by atoms with E-state index in [9.17, 15) is 0 Å². The molecule has 2 nitrogen and oxygen atoms in total. The van der Waals surface area contributed by atoms with Gasteiger partial charge in [0.1, 0.15) is 0 Å². The Morgan fingerprint density at radius 1 is 0.880 bits per heavy atom. The van der Waals surface area contributed by atoms with E-state index in [0.717, 1.165) is 19.6 Å². The normalized spacial score (nSPS) is 17.9. The lowest BCUT2D eigenvalue weighted by Crippen LogP contribution is -2.29. The summed E-state index contributed by atoms with van der Waals surface area (Å²) in [5.74, 6) is 0. The fourth-order valence-corrected chi connectivity index (χ4v) is 4.22. The molecule has 2 heterocycles. The Morgan fingerprint density at radius 2 is 1.64 bits per heavy atom. The molecule has 0 fully saturated rings. The van der Waals surface area contributed by atoms with Gasteiger partial charge in [-0.2, -0.15) is 0 Å². The van der Waals surface area contributed by atoms with Crippen molar-refractivity contribution in [3.63, 3.8) is 0 Å². The Morgan fingerprint density at radius 3 is 2.40 bits per heavy atom. The largest absolute Gasteiger partial charge is 0.350 e. The summed E-state index contributed by atoms with van der Waals surface area (Å²) in [4.78, 5) is 2.64. The van der Waals surface area contributed by atoms with Crippen LogP contribution in [0, 0.1) is 13.8 Å². The lowest BCUT2D eigenvalue weighted by Gasteiger charge is -2.31. The molecule has 1 atom stereocenters. The lowest BCUT2D eigenvalue weighted by molar-refractivity contribution is 0.220. The Balaban J connectivity index is 1.74. The van der Waals surface area contributed by atoms with E-state index in [2.05, 4.69) is 90.2 Å². The molecule has 4 rings (SSSR count). The second-order valence-corrected chi connectivity index (χ2v) is 7.26. The van der Waals surface area contributed by atoms with Crippen LogP contribution in [0.25, 0.3) is 0 Å². The van der Waals surface area contributed by atoms with E-state index < -0.39 is 0 Å². The van der Waals surface area contributed by atoms with E-state index in [0.29, 0.717) is 6.04 Å². The molecule has 0 radical (unpaired) electrons. The third kappa shape index (κ3) is 3.40. The van der Waals surface area contributed by atoms with Crippen molar-refractivity contribution in [3.8, 4) is 0 Å². The second kappa shape index (κ2) is 6.89. The minimum atomic E-state index is 0.319. The summed E-state index contributed by atoms with van der Waals surface area (Å²) in [6.45, 7) is 7.61. The van der Waals surface area contributed by atoms with E-state index in [-0.39, 0.29) is 0 Å². The first-order valence-corrected chi connectivity index (χ1v) is 9.22. The number of nitrogens with zero attached hydrogens (tertiary/aromatic N) is 2. The van der Waals surface area contributed by atoms with Gasteiger partial charge in [0.25, 0.3) is 0 Å². The van der Waals surface area contributed by atoms with Crippen molar-refractivity contribution in [1.82, 2.24) is 9.47 Å². The molecule has 2 aromatic carbocycles. The molecule has 1 unspecified atom stereocenters. The standard InChI is InChI=1S/C23H26N2/c1-18-14-19(2)16-20(15-18)17-25-13-7-12-24-11-6-10-22(24)23(25)21-8-4-3-5-9-21/h3-6,8-11,14-16,23H,7,12-13,17H2,1-2H3. The third-order valence-electron chi connectivity index (χ3n) is 5.14. The van der Waals surface area contributed by atoms with Crippen LogP contribution >= 0.6 is 0 Å². The van der Waals surface area contributed by atoms with Crippen LogP contribution in [0.3, 0.4) is 0 Å². The van der Waals surface area contributed by atoms with Gasteiger partial charge in [0, 0.05) is 31.5 Å². The summed E-state index contributed by atoms with van der Waals surface area (Å²) in [7, 11) is 0. The highest BCUT2D eigenvalue weighted by Crippen LogP contribution is 2.33. The van der Waals surface area contributed by atoms with Crippen LogP contribution in [0.15, 0.2) is 66.9 Å². The van der Waals surface area contributed by atoms with Crippen LogP contribution in [-0.2, 0) is 13.1 Å². The van der Waals surface area contributed by atoms with Crippen LogP contribution in [0.4, 0.5) is 0 Å². The van der Waals surface area contributed by atoms with Gasteiger partial charge in [0.05, 0.1) is 6.04 Å². The Bertz CT molecular complexity index is 827. The number of hydrogen-bond acceptors (Lipinski definition) is 1. The third-order valence-corrected chi connectivity index (χ3v) is 5.14. The van der Waals surface area contributed by atoms with E-state index in [1.54, 1.807) is 0 Å². The Kier molecular flexibility index (Phi) is 4.46. The first kappa shape index (κ1) is 16.2. The van der Waals surface area contributed by atoms with Crippen molar-refractivity contribution in [3.05, 3.63) is 94.8 Å². The van der Waals surface area contributed by atoms with Gasteiger partial charge in [-0.15, -0.1) is 0 Å². The van der Waals surface area contributed by atoms with E-state index in [1.165, 1.54) is 34.4 Å². The smallest absolute Gasteiger partial charge is 0.0759 e. The highest BCUT2D eigenvalue weighted by molar-refractivity contribution is 5.32. The molecule has 0 saturated carbocycles. The van der Waals surface area contributed by atoms with Gasteiger partial charge >= 0.3 is 0 Å². The lowest BCUT2D eigenvalue weighted by atomic mass is 10.0. The maximum Gasteiger partial charge on any atom is 0.0759 e. The average molecular weight is 330 g/mol. The molecule has 25 heavy (non-hydrogen) atoms. The van der Waals surface area contributed by atoms with Gasteiger partial charge in [-0.1, -0.05) is 59.7 Å². The van der Waals surface area contributed by atoms with Crippen LogP contribution in [0.2, 0.25) is 0 Å². The molecule has 0 amide bonds. The molecule has 0 bridgehead atoms. The maximum atomic E-state index is 2.64. The van der Waals surface area contributed by atoms with Gasteiger partial charge in [-0.05, 0) is 43.5 Å². The fourth-order valence-electron chi connectivity index (χ4n) is 4.22. The average Bonchev–Trinajstić information content (AvgIpc) is 2.96. The van der Waals surface area contributed by atoms with Gasteiger partial charge in [0.15, 0.2) is 0 Å². The summed E-state index contributed by atoms with van der Waals surface area (Å²) in [5, 5.41) is 0. The first-order chi connectivity index (χ1) is 12.2. The SMILES string of the molecule is Cc1cc(C)cc(CN2CCCn3cccc3C2c2ccccc2)c1. The number of rotatable bonds is 3. The molecular weight excluding hydrogens is 304 g/mol. The van der Waals surface area contributed by atoms with Crippen molar-refractivity contribution < 1.29 is 0 Å². The minimum Gasteiger partial charge on any atom is -0.350 e. The van der Waals surface area contributed by atoms with Gasteiger partial charge in [-0.3, -0.25) is 4.90 Å². The molecular formula is C23H26N2. The number of benzene rings is 2. The zero-order chi connectivity index (χ0) is 17.2. The zero-order valence-electron chi connectivity index (χ0n) is 15.2. The summed E-state index contributed by atoms with van der Waals surface area (Å²) in [5.41, 5.74) is 6.91. The van der Waals surface area contributed by atoms with E-state index in [4.69, 9.17) is 0 Å². The summed E-state index contributed by atoms with van der Waals surface area (Å²) in [6, 6.07) is 22.7. The quantitative estimate of drug-likeness (QED) is 0.648. The molecule has 1 aliphatic rings. The fraction of sp³-hybridized carbons (Fsp3) is 0.304. The first-order valence-electron chi connectivity index (χ1n) is 9.22. The molecule has 0 aliphatic carbocycles. The second-order valence-electron chi connectivity index (χ2n) is 7.26. The van der Waals surface area contributed by atoms with Crippen molar-refractivity contribution in [2.75, 3.05) is 6.54 Å². The van der Waals surface area contributed by atoms with Crippen LogP contribution in [-0.4, -0.2) is 16.0 Å². The van der Waals surface area contributed by atoms with Crippen molar-refractivity contribution in [2.24, 2.45) is 0 Å². The van der Waals surface area contributed by atoms with Crippen molar-refractivity contribution in [1.29, 1.82) is 0 Å². The number of fused-ring (bicyclic) bond motifs is 1. The summed E-state index contributed by atoms with van der Waals surface area (Å²) >= 11 is 0. The van der Waals surface area contributed by atoms with Gasteiger partial charge in [0.2, 0.25) is 0 Å². The summed E-state index contributed by atoms with van der Waals surface area (Å²) < 4.78 is 2.43. The van der Waals surface area contributed by atoms with Gasteiger partial charge < -0.3 is 4.57 Å². The molecule has 0 spiro atoms. The number of hydrogen-bond donors (Lipinski definition) is 0. The number of aromatic nitrogens is 1. The highest BCUT2D eigenvalue weighted by atomic mass is 15.2. The highest BCUT2D eigenvalue weighted by Gasteiger charge is 2.27. The van der Waals surface area contributed by atoms with Crippen LogP contribution in [0.5, 0.6) is 0 Å². The Labute approximate surface area is 150 Å². The zero-order valence-corrected chi connectivity index (χ0v) is 15.2. The summed E-state index contributed by atoms with van der Waals surface area (Å²) in [6.07, 6.45) is 3.42. The monoisotopic (exact) mass is 330 g/mol. The molecule has 1 aliphatic heterocycles. The van der Waals surface area contributed by atoms with Crippen LogP contribution < -0.4 is 0 Å².